The molecule has 0 bridgehead atoms. The molecule has 0 saturated heterocycles. The van der Waals surface area contributed by atoms with E-state index in [2.05, 4.69) is 11.4 Å². The SMILES string of the molecule is Cc1ccc(N(CCCCO)C(=S)NC(=O)C=Cc2ccc(F)cc2)c(C)c1. The highest BCUT2D eigenvalue weighted by atomic mass is 32.1. The quantitative estimate of drug-likeness (QED) is 0.417. The molecule has 0 unspecified atom stereocenters. The van der Waals surface area contributed by atoms with Crippen LogP contribution in [0.2, 0.25) is 0 Å². The Kier molecular flexibility index (Phi) is 8.29. The van der Waals surface area contributed by atoms with E-state index in [-0.39, 0.29) is 18.3 Å². The Hall–Kier alpha value is -2.57. The van der Waals surface area contributed by atoms with E-state index in [1.807, 2.05) is 30.9 Å². The van der Waals surface area contributed by atoms with Gasteiger partial charge >= 0.3 is 0 Å². The van der Waals surface area contributed by atoms with Crippen molar-refractivity contribution in [3.8, 4) is 0 Å². The molecule has 148 valence electrons. The second-order valence-electron chi connectivity index (χ2n) is 6.55. The monoisotopic (exact) mass is 400 g/mol. The highest BCUT2D eigenvalue weighted by Gasteiger charge is 2.15. The Labute approximate surface area is 170 Å². The van der Waals surface area contributed by atoms with E-state index >= 15 is 0 Å². The number of thiocarbonyl (C=S) groups is 1. The van der Waals surface area contributed by atoms with Crippen LogP contribution in [0.3, 0.4) is 0 Å². The van der Waals surface area contributed by atoms with Gasteiger partial charge in [-0.2, -0.15) is 0 Å². The average Bonchev–Trinajstić information content (AvgIpc) is 2.65. The number of aryl methyl sites for hydroxylation is 2. The molecule has 0 aliphatic heterocycles. The standard InChI is InChI=1S/C22H25FN2O2S/c1-16-5-11-20(17(2)15-16)25(13-3-4-14-26)22(28)24-21(27)12-8-18-6-9-19(23)10-7-18/h5-12,15,26H,3-4,13-14H2,1-2H3,(H,24,27,28). The van der Waals surface area contributed by atoms with Crippen LogP contribution in [0, 0.1) is 19.7 Å². The topological polar surface area (TPSA) is 52.6 Å². The summed E-state index contributed by atoms with van der Waals surface area (Å²) >= 11 is 5.47. The second-order valence-corrected chi connectivity index (χ2v) is 6.94. The molecule has 0 heterocycles. The Morgan fingerprint density at radius 3 is 2.54 bits per heavy atom. The molecule has 0 aromatic heterocycles. The van der Waals surface area contributed by atoms with Crippen LogP contribution in [0.15, 0.2) is 48.5 Å². The number of aliphatic hydroxyl groups excluding tert-OH is 1. The van der Waals surface area contributed by atoms with Crippen molar-refractivity contribution in [2.24, 2.45) is 0 Å². The predicted molar refractivity (Wildman–Crippen MR) is 116 cm³/mol. The zero-order valence-corrected chi connectivity index (χ0v) is 16.9. The summed E-state index contributed by atoms with van der Waals surface area (Å²) in [5.41, 5.74) is 3.85. The summed E-state index contributed by atoms with van der Waals surface area (Å²) in [4.78, 5) is 14.2. The largest absolute Gasteiger partial charge is 0.396 e. The number of amides is 1. The summed E-state index contributed by atoms with van der Waals surface area (Å²) in [5, 5.41) is 12.1. The van der Waals surface area contributed by atoms with Crippen LogP contribution in [0.4, 0.5) is 10.1 Å². The Morgan fingerprint density at radius 1 is 1.18 bits per heavy atom. The first-order valence-electron chi connectivity index (χ1n) is 9.15. The summed E-state index contributed by atoms with van der Waals surface area (Å²) in [6, 6.07) is 11.9. The van der Waals surface area contributed by atoms with Crippen LogP contribution in [0.25, 0.3) is 6.08 Å². The van der Waals surface area contributed by atoms with Gasteiger partial charge in [0.1, 0.15) is 5.82 Å². The van der Waals surface area contributed by atoms with Crippen LogP contribution in [0.5, 0.6) is 0 Å². The lowest BCUT2D eigenvalue weighted by Gasteiger charge is -2.27. The summed E-state index contributed by atoms with van der Waals surface area (Å²) in [5.74, 6) is -0.680. The minimum Gasteiger partial charge on any atom is -0.396 e. The molecule has 0 spiro atoms. The highest BCUT2D eigenvalue weighted by molar-refractivity contribution is 7.80. The van der Waals surface area contributed by atoms with Crippen LogP contribution in [-0.2, 0) is 4.79 Å². The van der Waals surface area contributed by atoms with E-state index in [4.69, 9.17) is 17.3 Å². The zero-order valence-electron chi connectivity index (χ0n) is 16.1. The molecule has 0 aliphatic rings. The van der Waals surface area contributed by atoms with Crippen molar-refractivity contribution < 1.29 is 14.3 Å². The molecule has 28 heavy (non-hydrogen) atoms. The fraction of sp³-hybridized carbons (Fsp3) is 0.273. The third-order valence-corrected chi connectivity index (χ3v) is 4.53. The molecule has 2 aromatic rings. The highest BCUT2D eigenvalue weighted by Crippen LogP contribution is 2.22. The lowest BCUT2D eigenvalue weighted by Crippen LogP contribution is -2.43. The van der Waals surface area contributed by atoms with Gasteiger partial charge in [0.25, 0.3) is 0 Å². The maximum atomic E-state index is 13.0. The number of rotatable bonds is 7. The number of nitrogens with zero attached hydrogens (tertiary/aromatic N) is 1. The second kappa shape index (κ2) is 10.7. The molecule has 6 heteroatoms. The molecule has 2 rings (SSSR count). The Bertz CT molecular complexity index is 850. The molecule has 1 amide bonds. The van der Waals surface area contributed by atoms with Crippen LogP contribution >= 0.6 is 12.2 Å². The number of halogens is 1. The molecular weight excluding hydrogens is 375 g/mol. The number of carbonyl (C=O) groups is 1. The number of carbonyl (C=O) groups excluding carboxylic acids is 1. The molecular formula is C22H25FN2O2S. The summed E-state index contributed by atoms with van der Waals surface area (Å²) in [6.45, 7) is 4.72. The lowest BCUT2D eigenvalue weighted by molar-refractivity contribution is -0.115. The molecule has 0 aliphatic carbocycles. The van der Waals surface area contributed by atoms with Gasteiger partial charge < -0.3 is 10.0 Å². The number of aliphatic hydroxyl groups is 1. The van der Waals surface area contributed by atoms with Gasteiger partial charge in [-0.3, -0.25) is 10.1 Å². The normalized spacial score (nSPS) is 10.9. The van der Waals surface area contributed by atoms with Gasteiger partial charge in [-0.25, -0.2) is 4.39 Å². The maximum Gasteiger partial charge on any atom is 0.250 e. The predicted octanol–water partition coefficient (Wildman–Crippen LogP) is 4.14. The third-order valence-electron chi connectivity index (χ3n) is 4.21. The van der Waals surface area contributed by atoms with Crippen molar-refractivity contribution >= 4 is 35.0 Å². The van der Waals surface area contributed by atoms with Crippen molar-refractivity contribution in [2.45, 2.75) is 26.7 Å². The van der Waals surface area contributed by atoms with Gasteiger partial charge in [0.2, 0.25) is 5.91 Å². The molecule has 4 nitrogen and oxygen atoms in total. The van der Waals surface area contributed by atoms with Gasteiger partial charge in [-0.1, -0.05) is 29.8 Å². The number of unbranched alkanes of at least 4 members (excludes halogenated alkanes) is 1. The van der Waals surface area contributed by atoms with Gasteiger partial charge in [-0.05, 0) is 74.3 Å². The van der Waals surface area contributed by atoms with E-state index in [0.717, 1.165) is 28.8 Å². The number of nitrogens with one attached hydrogen (secondary N) is 1. The first-order valence-corrected chi connectivity index (χ1v) is 9.56. The van der Waals surface area contributed by atoms with Crippen molar-refractivity contribution in [2.75, 3.05) is 18.1 Å². The first kappa shape index (κ1) is 21.7. The number of anilines is 1. The summed E-state index contributed by atoms with van der Waals surface area (Å²) in [6.07, 6.45) is 4.37. The number of benzene rings is 2. The Morgan fingerprint density at radius 2 is 1.89 bits per heavy atom. The van der Waals surface area contributed by atoms with E-state index in [0.29, 0.717) is 18.1 Å². The molecule has 2 aromatic carbocycles. The Balaban J connectivity index is 2.10. The molecule has 0 atom stereocenters. The number of hydrogen-bond acceptors (Lipinski definition) is 3. The zero-order chi connectivity index (χ0) is 20.5. The van der Waals surface area contributed by atoms with Gasteiger partial charge in [-0.15, -0.1) is 0 Å². The average molecular weight is 401 g/mol. The molecule has 2 N–H and O–H groups in total. The molecule has 0 fully saturated rings. The van der Waals surface area contributed by atoms with Crippen molar-refractivity contribution in [1.29, 1.82) is 0 Å². The fourth-order valence-electron chi connectivity index (χ4n) is 2.78. The van der Waals surface area contributed by atoms with Gasteiger partial charge in [0.15, 0.2) is 5.11 Å². The summed E-state index contributed by atoms with van der Waals surface area (Å²) in [7, 11) is 0. The van der Waals surface area contributed by atoms with Crippen molar-refractivity contribution in [1.82, 2.24) is 5.32 Å². The lowest BCUT2D eigenvalue weighted by atomic mass is 10.1. The van der Waals surface area contributed by atoms with E-state index in [9.17, 15) is 9.18 Å². The fourth-order valence-corrected chi connectivity index (χ4v) is 3.07. The minimum atomic E-state index is -0.355. The van der Waals surface area contributed by atoms with Gasteiger partial charge in [0, 0.05) is 24.9 Å². The van der Waals surface area contributed by atoms with Crippen molar-refractivity contribution in [3.63, 3.8) is 0 Å². The maximum absolute atomic E-state index is 13.0. The first-order chi connectivity index (χ1) is 13.4. The van der Waals surface area contributed by atoms with E-state index < -0.39 is 0 Å². The van der Waals surface area contributed by atoms with E-state index in [1.54, 1.807) is 18.2 Å². The molecule has 0 radical (unpaired) electrons. The minimum absolute atomic E-state index is 0.111. The molecule has 0 saturated carbocycles. The van der Waals surface area contributed by atoms with E-state index in [1.165, 1.54) is 18.2 Å². The third kappa shape index (κ3) is 6.55. The van der Waals surface area contributed by atoms with Crippen LogP contribution in [0.1, 0.15) is 29.5 Å². The summed E-state index contributed by atoms with van der Waals surface area (Å²) < 4.78 is 13.0. The van der Waals surface area contributed by atoms with Gasteiger partial charge in [0.05, 0.1) is 0 Å². The van der Waals surface area contributed by atoms with Crippen molar-refractivity contribution in [3.05, 3.63) is 71.0 Å². The van der Waals surface area contributed by atoms with Crippen LogP contribution < -0.4 is 10.2 Å². The van der Waals surface area contributed by atoms with Crippen LogP contribution in [-0.4, -0.2) is 29.3 Å². The number of hydrogen-bond donors (Lipinski definition) is 2. The smallest absolute Gasteiger partial charge is 0.250 e.